The summed E-state index contributed by atoms with van der Waals surface area (Å²) in [6, 6.07) is 23.5. The number of hydrogen-bond donors (Lipinski definition) is 0. The Morgan fingerprint density at radius 1 is 0.850 bits per heavy atom. The molecule has 0 saturated heterocycles. The van der Waals surface area contributed by atoms with Gasteiger partial charge in [0, 0.05) is 29.8 Å². The van der Waals surface area contributed by atoms with E-state index in [1.54, 1.807) is 0 Å². The average Bonchev–Trinajstić information content (AvgIpc) is 2.64. The zero-order valence-corrected chi connectivity index (χ0v) is 10.7. The largest absolute Gasteiger partial charge is 0.244 e. The molecular weight excluding hydrogens is 244 g/mol. The van der Waals surface area contributed by atoms with E-state index in [4.69, 9.17) is 0 Å². The molecule has 0 aliphatic heterocycles. The lowest BCUT2D eigenvalue weighted by molar-refractivity contribution is 0.931. The lowest BCUT2D eigenvalue weighted by Gasteiger charge is -2.13. The third kappa shape index (κ3) is 1.60. The number of nitrogens with zero attached hydrogens (tertiary/aromatic N) is 2. The Hall–Kier alpha value is -2.97. The molecule has 0 amide bonds. The molecule has 3 rings (SSSR count). The third-order valence-corrected chi connectivity index (χ3v) is 3.60. The Balaban J connectivity index is 2.32. The van der Waals surface area contributed by atoms with Gasteiger partial charge in [0.15, 0.2) is 0 Å². The molecule has 0 saturated carbocycles. The van der Waals surface area contributed by atoms with Gasteiger partial charge in [0.05, 0.1) is 16.7 Å². The third-order valence-electron chi connectivity index (χ3n) is 3.60. The van der Waals surface area contributed by atoms with Crippen LogP contribution in [0.3, 0.4) is 0 Å². The van der Waals surface area contributed by atoms with E-state index in [9.17, 15) is 10.5 Å². The number of nitriles is 2. The molecule has 0 atom stereocenters. The van der Waals surface area contributed by atoms with Crippen LogP contribution in [0.5, 0.6) is 0 Å². The van der Waals surface area contributed by atoms with Gasteiger partial charge in [-0.15, -0.1) is 0 Å². The second-order valence-corrected chi connectivity index (χ2v) is 4.68. The van der Waals surface area contributed by atoms with Gasteiger partial charge in [-0.3, -0.25) is 0 Å². The van der Waals surface area contributed by atoms with Crippen molar-refractivity contribution in [3.8, 4) is 12.1 Å². The fourth-order valence-corrected chi connectivity index (χ4v) is 2.62. The van der Waals surface area contributed by atoms with E-state index in [-0.39, 0.29) is 0 Å². The molecule has 92 valence electrons. The van der Waals surface area contributed by atoms with Crippen LogP contribution in [0.25, 0.3) is 11.6 Å². The predicted molar refractivity (Wildman–Crippen MR) is 78.1 cm³/mol. The molecule has 2 aromatic carbocycles. The number of benzene rings is 1. The van der Waals surface area contributed by atoms with Crippen LogP contribution in [0.4, 0.5) is 0 Å². The number of rotatable bonds is 1. The van der Waals surface area contributed by atoms with Crippen molar-refractivity contribution in [3.63, 3.8) is 0 Å². The second kappa shape index (κ2) is 4.61. The van der Waals surface area contributed by atoms with Gasteiger partial charge in [0.25, 0.3) is 0 Å². The first-order valence-electron chi connectivity index (χ1n) is 6.35. The maximum Gasteiger partial charge on any atom is 0.244 e. The summed E-state index contributed by atoms with van der Waals surface area (Å²) in [6.45, 7) is 0. The molecule has 1 aliphatic carbocycles. The van der Waals surface area contributed by atoms with Crippen molar-refractivity contribution in [2.75, 3.05) is 0 Å². The van der Waals surface area contributed by atoms with Gasteiger partial charge in [-0.25, -0.2) is 0 Å². The smallest absolute Gasteiger partial charge is 0.195 e. The van der Waals surface area contributed by atoms with Crippen molar-refractivity contribution in [1.29, 1.82) is 10.5 Å². The summed E-state index contributed by atoms with van der Waals surface area (Å²) < 4.78 is 0. The number of hydrogen-bond acceptors (Lipinski definition) is 2. The molecule has 0 radical (unpaired) electrons. The van der Waals surface area contributed by atoms with E-state index >= 15 is 0 Å². The fourth-order valence-electron chi connectivity index (χ4n) is 2.62. The van der Waals surface area contributed by atoms with Crippen LogP contribution in [-0.4, -0.2) is 0 Å². The maximum absolute atomic E-state index is 9.66. The van der Waals surface area contributed by atoms with E-state index in [0.29, 0.717) is 0 Å². The van der Waals surface area contributed by atoms with E-state index in [1.807, 2.05) is 66.7 Å². The topological polar surface area (TPSA) is 47.6 Å². The van der Waals surface area contributed by atoms with Gasteiger partial charge in [-0.05, 0) is 24.3 Å². The SMILES string of the molecule is N#CC1(C#N)C(c2ccccc2)=C[c+]2cccccc21. The van der Waals surface area contributed by atoms with Crippen LogP contribution in [0.2, 0.25) is 0 Å². The molecule has 2 heteroatoms. The maximum atomic E-state index is 9.66. The van der Waals surface area contributed by atoms with Crippen molar-refractivity contribution < 1.29 is 0 Å². The Morgan fingerprint density at radius 3 is 2.20 bits per heavy atom. The Bertz CT molecular complexity index is 766. The standard InChI is InChI=1S/C18H11N2/c19-12-18(13-20)16-10-6-2-5-9-15(16)11-17(18)14-7-3-1-4-8-14/h1-11H/q+1. The van der Waals surface area contributed by atoms with E-state index in [2.05, 4.69) is 12.1 Å². The highest BCUT2D eigenvalue weighted by Gasteiger charge is 2.48. The minimum absolute atomic E-state index is 0.754. The molecule has 2 aromatic rings. The molecule has 0 fully saturated rings. The molecular formula is C18H11N2+. The van der Waals surface area contributed by atoms with Crippen molar-refractivity contribution >= 4 is 11.6 Å². The molecule has 1 aliphatic rings. The van der Waals surface area contributed by atoms with E-state index < -0.39 is 5.41 Å². The first-order chi connectivity index (χ1) is 9.81. The fraction of sp³-hybridized carbons (Fsp3) is 0.0556. The van der Waals surface area contributed by atoms with Gasteiger partial charge in [0.1, 0.15) is 12.1 Å². The Kier molecular flexibility index (Phi) is 2.78. The summed E-state index contributed by atoms with van der Waals surface area (Å²) in [5.41, 5.74) is 2.12. The van der Waals surface area contributed by atoms with Crippen molar-refractivity contribution in [1.82, 2.24) is 0 Å². The van der Waals surface area contributed by atoms with Crippen molar-refractivity contribution in [2.45, 2.75) is 5.41 Å². The van der Waals surface area contributed by atoms with Gasteiger partial charge in [-0.2, -0.15) is 10.5 Å². The second-order valence-electron chi connectivity index (χ2n) is 4.68. The monoisotopic (exact) mass is 255 g/mol. The quantitative estimate of drug-likeness (QED) is 0.727. The predicted octanol–water partition coefficient (Wildman–Crippen LogP) is 3.81. The molecule has 0 unspecified atom stereocenters. The minimum Gasteiger partial charge on any atom is -0.195 e. The molecule has 0 N–H and O–H groups in total. The van der Waals surface area contributed by atoms with Crippen LogP contribution >= 0.6 is 0 Å². The van der Waals surface area contributed by atoms with Crippen molar-refractivity contribution in [2.24, 2.45) is 0 Å². The zero-order chi connectivity index (χ0) is 14.0. The minimum atomic E-state index is -1.23. The molecule has 0 aromatic heterocycles. The van der Waals surface area contributed by atoms with Crippen LogP contribution in [0.1, 0.15) is 16.7 Å². The first-order valence-corrected chi connectivity index (χ1v) is 6.35. The molecule has 2 nitrogen and oxygen atoms in total. The highest BCUT2D eigenvalue weighted by Crippen LogP contribution is 2.45. The molecule has 0 spiro atoms. The summed E-state index contributed by atoms with van der Waals surface area (Å²) in [5, 5.41) is 19.3. The molecule has 0 heterocycles. The van der Waals surface area contributed by atoms with Gasteiger partial charge in [0.2, 0.25) is 5.41 Å². The summed E-state index contributed by atoms with van der Waals surface area (Å²) in [4.78, 5) is 0. The summed E-state index contributed by atoms with van der Waals surface area (Å²) in [5.74, 6) is 0. The molecule has 0 bridgehead atoms. The van der Waals surface area contributed by atoms with Crippen LogP contribution in [0, 0.1) is 22.7 Å². The zero-order valence-electron chi connectivity index (χ0n) is 10.7. The summed E-state index contributed by atoms with van der Waals surface area (Å²) in [7, 11) is 0. The van der Waals surface area contributed by atoms with Crippen LogP contribution in [0.15, 0.2) is 60.7 Å². The van der Waals surface area contributed by atoms with Gasteiger partial charge in [-0.1, -0.05) is 18.2 Å². The normalized spacial score (nSPS) is 14.6. The summed E-state index contributed by atoms with van der Waals surface area (Å²) >= 11 is 0. The summed E-state index contributed by atoms with van der Waals surface area (Å²) in [6.07, 6.45) is 1.94. The highest BCUT2D eigenvalue weighted by molar-refractivity contribution is 5.98. The van der Waals surface area contributed by atoms with Crippen molar-refractivity contribution in [3.05, 3.63) is 77.4 Å². The lowest BCUT2D eigenvalue weighted by atomic mass is 9.78. The van der Waals surface area contributed by atoms with Crippen LogP contribution < -0.4 is 0 Å². The lowest BCUT2D eigenvalue weighted by Crippen LogP contribution is -2.20. The average molecular weight is 255 g/mol. The molecule has 20 heavy (non-hydrogen) atoms. The van der Waals surface area contributed by atoms with E-state index in [1.165, 1.54) is 0 Å². The Labute approximate surface area is 117 Å². The number of allylic oxidation sites excluding steroid dienone is 1. The highest BCUT2D eigenvalue weighted by atomic mass is 14.5. The van der Waals surface area contributed by atoms with E-state index in [0.717, 1.165) is 22.3 Å². The van der Waals surface area contributed by atoms with Gasteiger partial charge >= 0.3 is 0 Å². The Morgan fingerprint density at radius 2 is 1.50 bits per heavy atom. The first kappa shape index (κ1) is 12.1. The number of fused-ring (bicyclic) bond motifs is 1. The van der Waals surface area contributed by atoms with Gasteiger partial charge < -0.3 is 0 Å². The van der Waals surface area contributed by atoms with Crippen LogP contribution in [-0.2, 0) is 5.41 Å².